The number of carbonyl (C=O) groups is 1. The van der Waals surface area contributed by atoms with Gasteiger partial charge in [0.25, 0.3) is 5.56 Å². The second-order valence-corrected chi connectivity index (χ2v) is 6.51. The molecule has 24 heavy (non-hydrogen) atoms. The fraction of sp³-hybridized carbons (Fsp3) is 0.118. The summed E-state index contributed by atoms with van der Waals surface area (Å²) in [5.74, 6) is -0.0490. The van der Waals surface area contributed by atoms with Gasteiger partial charge in [-0.15, -0.1) is 0 Å². The molecule has 0 aliphatic rings. The van der Waals surface area contributed by atoms with E-state index in [2.05, 4.69) is 15.0 Å². The average Bonchev–Trinajstić information content (AvgIpc) is 2.97. The first kappa shape index (κ1) is 14.9. The van der Waals surface area contributed by atoms with Crippen LogP contribution in [0.15, 0.2) is 40.4 Å². The Balaban J connectivity index is 2.14. The number of thioether (sulfide) groups is 1. The number of hydrogen-bond donors (Lipinski definition) is 2. The highest BCUT2D eigenvalue weighted by molar-refractivity contribution is 7.99. The van der Waals surface area contributed by atoms with Gasteiger partial charge in [0.2, 0.25) is 0 Å². The van der Waals surface area contributed by atoms with Gasteiger partial charge in [0.05, 0.1) is 22.2 Å². The minimum absolute atomic E-state index is 0.0497. The van der Waals surface area contributed by atoms with Crippen molar-refractivity contribution in [2.75, 3.05) is 5.75 Å². The van der Waals surface area contributed by atoms with Crippen LogP contribution in [-0.4, -0.2) is 26.5 Å². The molecule has 0 atom stereocenters. The second-order valence-electron chi connectivity index (χ2n) is 5.54. The number of hydrogen-bond acceptors (Lipinski definition) is 4. The van der Waals surface area contributed by atoms with Gasteiger partial charge < -0.3 is 9.97 Å². The van der Waals surface area contributed by atoms with Crippen molar-refractivity contribution < 1.29 is 9.18 Å². The molecule has 2 heterocycles. The minimum Gasteiger partial charge on any atom is -0.332 e. The number of benzene rings is 2. The van der Waals surface area contributed by atoms with Crippen LogP contribution in [0, 0.1) is 5.82 Å². The molecule has 0 aliphatic heterocycles. The van der Waals surface area contributed by atoms with E-state index in [1.54, 1.807) is 18.3 Å². The predicted molar refractivity (Wildman–Crippen MR) is 93.1 cm³/mol. The molecular weight excluding hydrogens is 329 g/mol. The van der Waals surface area contributed by atoms with E-state index < -0.39 is 5.82 Å². The van der Waals surface area contributed by atoms with E-state index >= 15 is 0 Å². The molecule has 2 aromatic carbocycles. The molecule has 0 saturated heterocycles. The van der Waals surface area contributed by atoms with Crippen molar-refractivity contribution in [3.05, 3.63) is 46.6 Å². The number of fused-ring (bicyclic) bond motifs is 6. The van der Waals surface area contributed by atoms with Crippen LogP contribution in [-0.2, 0) is 4.79 Å². The smallest absolute Gasteiger partial charge is 0.256 e. The lowest BCUT2D eigenvalue weighted by atomic mass is 10.0. The maximum Gasteiger partial charge on any atom is 0.256 e. The van der Waals surface area contributed by atoms with Gasteiger partial charge in [-0.2, -0.15) is 0 Å². The third-order valence-corrected chi connectivity index (χ3v) is 4.85. The summed E-state index contributed by atoms with van der Waals surface area (Å²) in [5, 5.41) is 2.91. The number of imidazole rings is 1. The third-order valence-electron chi connectivity index (χ3n) is 3.83. The average molecular weight is 341 g/mol. The molecular formula is C17H12FN3O2S. The van der Waals surface area contributed by atoms with E-state index in [1.807, 2.05) is 0 Å². The van der Waals surface area contributed by atoms with Gasteiger partial charge in [-0.25, -0.2) is 9.37 Å². The molecule has 2 N–H and O–H groups in total. The lowest BCUT2D eigenvalue weighted by Gasteiger charge is -2.05. The SMILES string of the molecule is CC(=O)CSc1nc2c3ccc(F)cc3c3c(=O)[nH]ccc3c2[nH]1. The van der Waals surface area contributed by atoms with Gasteiger partial charge in [-0.1, -0.05) is 11.8 Å². The van der Waals surface area contributed by atoms with Crippen molar-refractivity contribution in [1.29, 1.82) is 0 Å². The summed E-state index contributed by atoms with van der Waals surface area (Å²) in [4.78, 5) is 33.9. The Morgan fingerprint density at radius 2 is 2.08 bits per heavy atom. The molecule has 0 fully saturated rings. The highest BCUT2D eigenvalue weighted by Crippen LogP contribution is 2.33. The summed E-state index contributed by atoms with van der Waals surface area (Å²) in [7, 11) is 0. The first-order valence-electron chi connectivity index (χ1n) is 7.29. The molecule has 120 valence electrons. The van der Waals surface area contributed by atoms with E-state index in [9.17, 15) is 14.0 Å². The van der Waals surface area contributed by atoms with E-state index in [4.69, 9.17) is 0 Å². The van der Waals surface area contributed by atoms with Gasteiger partial charge in [0, 0.05) is 22.4 Å². The molecule has 7 heteroatoms. The lowest BCUT2D eigenvalue weighted by Crippen LogP contribution is -2.05. The Hall–Kier alpha value is -2.67. The van der Waals surface area contributed by atoms with Crippen molar-refractivity contribution in [3.63, 3.8) is 0 Å². The zero-order chi connectivity index (χ0) is 16.8. The number of ketones is 1. The number of pyridine rings is 1. The van der Waals surface area contributed by atoms with E-state index in [0.717, 1.165) is 0 Å². The van der Waals surface area contributed by atoms with Crippen molar-refractivity contribution in [2.45, 2.75) is 12.1 Å². The number of nitrogens with one attached hydrogen (secondary N) is 2. The van der Waals surface area contributed by atoms with Crippen LogP contribution in [0.1, 0.15) is 6.92 Å². The number of Topliss-reactive ketones (excluding diaryl/α,β-unsaturated/α-hetero) is 1. The summed E-state index contributed by atoms with van der Waals surface area (Å²) in [5.41, 5.74) is 1.09. The van der Waals surface area contributed by atoms with Crippen LogP contribution in [0.2, 0.25) is 0 Å². The number of halogens is 1. The second kappa shape index (κ2) is 5.45. The van der Waals surface area contributed by atoms with Gasteiger partial charge in [-0.05, 0) is 31.2 Å². The molecule has 4 aromatic rings. The van der Waals surface area contributed by atoms with Crippen LogP contribution in [0.25, 0.3) is 32.6 Å². The van der Waals surface area contributed by atoms with E-state index in [0.29, 0.717) is 43.5 Å². The first-order chi connectivity index (χ1) is 11.5. The number of aromatic nitrogens is 3. The molecule has 0 saturated carbocycles. The fourth-order valence-corrected chi connectivity index (χ4v) is 3.53. The number of nitrogens with zero attached hydrogens (tertiary/aromatic N) is 1. The largest absolute Gasteiger partial charge is 0.332 e. The highest BCUT2D eigenvalue weighted by atomic mass is 32.2. The van der Waals surface area contributed by atoms with Crippen molar-refractivity contribution >= 4 is 50.1 Å². The van der Waals surface area contributed by atoms with Crippen molar-refractivity contribution in [3.8, 4) is 0 Å². The molecule has 4 rings (SSSR count). The number of carbonyl (C=O) groups excluding carboxylic acids is 1. The molecule has 0 bridgehead atoms. The van der Waals surface area contributed by atoms with Gasteiger partial charge >= 0.3 is 0 Å². The molecule has 5 nitrogen and oxygen atoms in total. The number of aromatic amines is 2. The summed E-state index contributed by atoms with van der Waals surface area (Å²) in [6.45, 7) is 1.52. The molecule has 0 aliphatic carbocycles. The summed E-state index contributed by atoms with van der Waals surface area (Å²) in [6, 6.07) is 6.09. The molecule has 0 amide bonds. The lowest BCUT2D eigenvalue weighted by molar-refractivity contribution is -0.114. The van der Waals surface area contributed by atoms with Gasteiger partial charge in [0.1, 0.15) is 11.6 Å². The van der Waals surface area contributed by atoms with Gasteiger partial charge in [0.15, 0.2) is 5.16 Å². The van der Waals surface area contributed by atoms with E-state index in [-0.39, 0.29) is 11.3 Å². The maximum absolute atomic E-state index is 13.7. The number of rotatable bonds is 3. The molecule has 0 unspecified atom stereocenters. The van der Waals surface area contributed by atoms with Crippen LogP contribution in [0.4, 0.5) is 4.39 Å². The van der Waals surface area contributed by atoms with Crippen molar-refractivity contribution in [1.82, 2.24) is 15.0 Å². The van der Waals surface area contributed by atoms with E-state index in [1.165, 1.54) is 30.8 Å². The summed E-state index contributed by atoms with van der Waals surface area (Å²) >= 11 is 1.30. The van der Waals surface area contributed by atoms with Crippen LogP contribution >= 0.6 is 11.8 Å². The Kier molecular flexibility index (Phi) is 3.38. The first-order valence-corrected chi connectivity index (χ1v) is 8.28. The van der Waals surface area contributed by atoms with Crippen LogP contribution < -0.4 is 5.56 Å². The van der Waals surface area contributed by atoms with Crippen LogP contribution in [0.3, 0.4) is 0 Å². The van der Waals surface area contributed by atoms with Crippen LogP contribution in [0.5, 0.6) is 0 Å². The Bertz CT molecular complexity index is 1180. The van der Waals surface area contributed by atoms with Gasteiger partial charge in [-0.3, -0.25) is 9.59 Å². The molecule has 0 radical (unpaired) electrons. The monoisotopic (exact) mass is 341 g/mol. The highest BCUT2D eigenvalue weighted by Gasteiger charge is 2.15. The Morgan fingerprint density at radius 3 is 2.88 bits per heavy atom. The topological polar surface area (TPSA) is 78.6 Å². The summed E-state index contributed by atoms with van der Waals surface area (Å²) < 4.78 is 13.7. The zero-order valence-electron chi connectivity index (χ0n) is 12.6. The Labute approximate surface area is 139 Å². The molecule has 0 spiro atoms. The summed E-state index contributed by atoms with van der Waals surface area (Å²) in [6.07, 6.45) is 1.55. The fourth-order valence-electron chi connectivity index (χ4n) is 2.86. The number of H-pyrrole nitrogens is 2. The quantitative estimate of drug-likeness (QED) is 0.442. The normalized spacial score (nSPS) is 11.6. The maximum atomic E-state index is 13.7. The predicted octanol–water partition coefficient (Wildman–Crippen LogP) is 3.38. The minimum atomic E-state index is -0.409. The Morgan fingerprint density at radius 1 is 1.25 bits per heavy atom. The third kappa shape index (κ3) is 2.28. The molecule has 2 aromatic heterocycles. The zero-order valence-corrected chi connectivity index (χ0v) is 13.5. The van der Waals surface area contributed by atoms with Crippen molar-refractivity contribution in [2.24, 2.45) is 0 Å². The standard InChI is InChI=1S/C17H12FN3O2S/c1-8(22)7-24-17-20-14-10-3-2-9(18)6-12(10)13-11(15(14)21-17)4-5-19-16(13)23/h2-6H,7H2,1H3,(H,19,23)(H,20,21).